The molecule has 1 saturated heterocycles. The fourth-order valence-corrected chi connectivity index (χ4v) is 3.82. The van der Waals surface area contributed by atoms with Crippen LogP contribution in [0.15, 0.2) is 22.7 Å². The number of hydrogen-bond donors (Lipinski definition) is 1. The molecule has 1 aromatic rings. The van der Waals surface area contributed by atoms with E-state index in [4.69, 9.17) is 4.74 Å². The molecule has 1 saturated carbocycles. The van der Waals surface area contributed by atoms with Gasteiger partial charge in [-0.1, -0.05) is 22.0 Å². The van der Waals surface area contributed by atoms with Crippen LogP contribution in [0.25, 0.3) is 0 Å². The Kier molecular flexibility index (Phi) is 3.71. The number of benzene rings is 1. The number of halogens is 1. The maximum atomic E-state index is 10.7. The lowest BCUT2D eigenvalue weighted by atomic mass is 9.70. The second kappa shape index (κ2) is 5.19. The van der Waals surface area contributed by atoms with Crippen LogP contribution in [0.4, 0.5) is 0 Å². The zero-order valence-electron chi connectivity index (χ0n) is 11.4. The topological polar surface area (TPSA) is 29.5 Å². The maximum absolute atomic E-state index is 10.7. The van der Waals surface area contributed by atoms with Gasteiger partial charge in [0.15, 0.2) is 0 Å². The Labute approximate surface area is 123 Å². The summed E-state index contributed by atoms with van der Waals surface area (Å²) in [5, 5.41) is 10.7. The van der Waals surface area contributed by atoms with Gasteiger partial charge in [0, 0.05) is 11.1 Å². The number of aryl methyl sites for hydroxylation is 1. The average molecular weight is 325 g/mol. The Balaban J connectivity index is 1.79. The summed E-state index contributed by atoms with van der Waals surface area (Å²) in [4.78, 5) is 0. The van der Waals surface area contributed by atoms with Gasteiger partial charge in [0.05, 0.1) is 11.7 Å². The first-order chi connectivity index (χ1) is 9.10. The van der Waals surface area contributed by atoms with E-state index in [1.54, 1.807) is 0 Å². The van der Waals surface area contributed by atoms with Gasteiger partial charge in [-0.2, -0.15) is 0 Å². The standard InChI is InChI=1S/C16H21BrO2/c1-11-3-4-13(17)9-14(11)15(18)12-5-8-19-16(10-12)6-2-7-16/h3-4,9,12,15,18H,2,5-8,10H2,1H3. The summed E-state index contributed by atoms with van der Waals surface area (Å²) in [5.74, 6) is 0.335. The lowest BCUT2D eigenvalue weighted by Gasteiger charge is -2.48. The Morgan fingerprint density at radius 2 is 2.21 bits per heavy atom. The predicted octanol–water partition coefficient (Wildman–Crippen LogP) is 4.14. The van der Waals surface area contributed by atoms with E-state index in [0.29, 0.717) is 5.92 Å². The Hall–Kier alpha value is -0.380. The van der Waals surface area contributed by atoms with E-state index in [0.717, 1.165) is 29.5 Å². The molecule has 2 unspecified atom stereocenters. The van der Waals surface area contributed by atoms with Gasteiger partial charge in [-0.05, 0) is 68.2 Å². The number of ether oxygens (including phenoxy) is 1. The molecule has 1 N–H and O–H groups in total. The smallest absolute Gasteiger partial charge is 0.0823 e. The third-order valence-corrected chi connectivity index (χ3v) is 5.30. The van der Waals surface area contributed by atoms with Crippen molar-refractivity contribution in [3.05, 3.63) is 33.8 Å². The third-order valence-electron chi connectivity index (χ3n) is 4.80. The van der Waals surface area contributed by atoms with Crippen LogP contribution in [-0.4, -0.2) is 17.3 Å². The van der Waals surface area contributed by atoms with Crippen molar-refractivity contribution in [2.24, 2.45) is 5.92 Å². The van der Waals surface area contributed by atoms with Crippen molar-refractivity contribution in [1.29, 1.82) is 0 Å². The predicted molar refractivity (Wildman–Crippen MR) is 79.1 cm³/mol. The molecule has 1 heterocycles. The SMILES string of the molecule is Cc1ccc(Br)cc1C(O)C1CCOC2(CCC2)C1. The molecule has 0 radical (unpaired) electrons. The normalized spacial score (nSPS) is 27.0. The lowest BCUT2D eigenvalue weighted by molar-refractivity contribution is -0.157. The minimum atomic E-state index is -0.362. The van der Waals surface area contributed by atoms with Gasteiger partial charge in [0.2, 0.25) is 0 Å². The fraction of sp³-hybridized carbons (Fsp3) is 0.625. The maximum Gasteiger partial charge on any atom is 0.0823 e. The fourth-order valence-electron chi connectivity index (χ4n) is 3.44. The van der Waals surface area contributed by atoms with Crippen molar-refractivity contribution in [3.63, 3.8) is 0 Å². The molecular formula is C16H21BrO2. The molecule has 0 amide bonds. The molecule has 2 aliphatic rings. The molecule has 2 nitrogen and oxygen atoms in total. The third kappa shape index (κ3) is 2.61. The highest BCUT2D eigenvalue weighted by molar-refractivity contribution is 9.10. The number of aliphatic hydroxyl groups excluding tert-OH is 1. The summed E-state index contributed by atoms with van der Waals surface area (Å²) in [7, 11) is 0. The number of hydrogen-bond acceptors (Lipinski definition) is 2. The van der Waals surface area contributed by atoms with Crippen molar-refractivity contribution < 1.29 is 9.84 Å². The van der Waals surface area contributed by atoms with Gasteiger partial charge >= 0.3 is 0 Å². The largest absolute Gasteiger partial charge is 0.388 e. The van der Waals surface area contributed by atoms with Gasteiger partial charge in [-0.15, -0.1) is 0 Å². The zero-order chi connectivity index (χ0) is 13.5. The van der Waals surface area contributed by atoms with Gasteiger partial charge in [0.25, 0.3) is 0 Å². The van der Waals surface area contributed by atoms with E-state index in [2.05, 4.69) is 35.0 Å². The summed E-state index contributed by atoms with van der Waals surface area (Å²) in [6.45, 7) is 2.87. The van der Waals surface area contributed by atoms with Crippen molar-refractivity contribution in [2.75, 3.05) is 6.61 Å². The van der Waals surface area contributed by atoms with Crippen molar-refractivity contribution in [3.8, 4) is 0 Å². The quantitative estimate of drug-likeness (QED) is 0.885. The van der Waals surface area contributed by atoms with E-state index in [9.17, 15) is 5.11 Å². The highest BCUT2D eigenvalue weighted by atomic mass is 79.9. The minimum Gasteiger partial charge on any atom is -0.388 e. The molecule has 0 aromatic heterocycles. The van der Waals surface area contributed by atoms with E-state index < -0.39 is 0 Å². The summed E-state index contributed by atoms with van der Waals surface area (Å²) in [5.41, 5.74) is 2.34. The van der Waals surface area contributed by atoms with Crippen molar-refractivity contribution >= 4 is 15.9 Å². The van der Waals surface area contributed by atoms with Crippen LogP contribution in [0.5, 0.6) is 0 Å². The van der Waals surface area contributed by atoms with Gasteiger partial charge in [0.1, 0.15) is 0 Å². The molecule has 19 heavy (non-hydrogen) atoms. The second-order valence-electron chi connectivity index (χ2n) is 6.08. The van der Waals surface area contributed by atoms with Crippen LogP contribution >= 0.6 is 15.9 Å². The molecule has 2 atom stereocenters. The first-order valence-corrected chi connectivity index (χ1v) is 7.97. The molecule has 0 bridgehead atoms. The van der Waals surface area contributed by atoms with Crippen LogP contribution in [0.1, 0.15) is 49.3 Å². The molecule has 1 aliphatic heterocycles. The Morgan fingerprint density at radius 3 is 2.89 bits per heavy atom. The Bertz CT molecular complexity index is 468. The first kappa shape index (κ1) is 13.6. The number of aliphatic hydroxyl groups is 1. The summed E-state index contributed by atoms with van der Waals surface area (Å²) in [6.07, 6.45) is 5.24. The monoisotopic (exact) mass is 324 g/mol. The van der Waals surface area contributed by atoms with Crippen LogP contribution in [0.2, 0.25) is 0 Å². The van der Waals surface area contributed by atoms with Crippen molar-refractivity contribution in [1.82, 2.24) is 0 Å². The molecule has 3 heteroatoms. The minimum absolute atomic E-state index is 0.101. The second-order valence-corrected chi connectivity index (χ2v) is 7.00. The summed E-state index contributed by atoms with van der Waals surface area (Å²) >= 11 is 3.50. The van der Waals surface area contributed by atoms with Crippen LogP contribution in [-0.2, 0) is 4.74 Å². The van der Waals surface area contributed by atoms with Crippen LogP contribution < -0.4 is 0 Å². The summed E-state index contributed by atoms with van der Waals surface area (Å²) in [6, 6.07) is 6.16. The first-order valence-electron chi connectivity index (χ1n) is 7.18. The molecule has 3 rings (SSSR count). The van der Waals surface area contributed by atoms with Gasteiger partial charge < -0.3 is 9.84 Å². The van der Waals surface area contributed by atoms with Crippen LogP contribution in [0, 0.1) is 12.8 Å². The number of rotatable bonds is 2. The van der Waals surface area contributed by atoms with Crippen molar-refractivity contribution in [2.45, 2.75) is 50.7 Å². The van der Waals surface area contributed by atoms with E-state index >= 15 is 0 Å². The molecule has 104 valence electrons. The average Bonchev–Trinajstić information content (AvgIpc) is 2.39. The van der Waals surface area contributed by atoms with E-state index in [-0.39, 0.29) is 11.7 Å². The molecule has 1 spiro atoms. The highest BCUT2D eigenvalue weighted by Gasteiger charge is 2.44. The molecular weight excluding hydrogens is 304 g/mol. The molecule has 2 fully saturated rings. The lowest BCUT2D eigenvalue weighted by Crippen LogP contribution is -2.46. The summed E-state index contributed by atoms with van der Waals surface area (Å²) < 4.78 is 6.99. The highest BCUT2D eigenvalue weighted by Crippen LogP contribution is 2.47. The van der Waals surface area contributed by atoms with Gasteiger partial charge in [-0.25, -0.2) is 0 Å². The zero-order valence-corrected chi connectivity index (χ0v) is 12.9. The van der Waals surface area contributed by atoms with E-state index in [1.807, 2.05) is 6.07 Å². The van der Waals surface area contributed by atoms with Gasteiger partial charge in [-0.3, -0.25) is 0 Å². The van der Waals surface area contributed by atoms with Crippen LogP contribution in [0.3, 0.4) is 0 Å². The van der Waals surface area contributed by atoms with E-state index in [1.165, 1.54) is 24.8 Å². The Morgan fingerprint density at radius 1 is 1.42 bits per heavy atom. The molecule has 1 aliphatic carbocycles. The molecule has 1 aromatic carbocycles.